The lowest BCUT2D eigenvalue weighted by Gasteiger charge is -2.18. The van der Waals surface area contributed by atoms with E-state index in [4.69, 9.17) is 4.42 Å². The van der Waals surface area contributed by atoms with E-state index in [2.05, 4.69) is 31.2 Å². The van der Waals surface area contributed by atoms with Crippen LogP contribution in [0.2, 0.25) is 0 Å². The van der Waals surface area contributed by atoms with Crippen LogP contribution in [0.1, 0.15) is 36.9 Å². The van der Waals surface area contributed by atoms with E-state index in [1.807, 2.05) is 42.1 Å². The van der Waals surface area contributed by atoms with Crippen molar-refractivity contribution in [3.8, 4) is 0 Å². The van der Waals surface area contributed by atoms with E-state index in [-0.39, 0.29) is 11.4 Å². The van der Waals surface area contributed by atoms with Gasteiger partial charge in [-0.25, -0.2) is 0 Å². The van der Waals surface area contributed by atoms with E-state index in [1.54, 1.807) is 6.20 Å². The van der Waals surface area contributed by atoms with E-state index in [9.17, 15) is 4.79 Å². The average molecular weight is 297 g/mol. The quantitative estimate of drug-likeness (QED) is 0.779. The van der Waals surface area contributed by atoms with Gasteiger partial charge in [0.05, 0.1) is 17.4 Å². The molecule has 114 valence electrons. The maximum absolute atomic E-state index is 12.4. The molecule has 0 aliphatic heterocycles. The first kappa shape index (κ1) is 14.4. The first-order valence-corrected chi connectivity index (χ1v) is 7.21. The van der Waals surface area contributed by atoms with Gasteiger partial charge in [-0.3, -0.25) is 9.48 Å². The van der Waals surface area contributed by atoms with Crippen molar-refractivity contribution in [1.82, 2.24) is 9.78 Å². The lowest BCUT2D eigenvalue weighted by atomic mass is 10.1. The number of hydrogen-bond donors (Lipinski definition) is 1. The van der Waals surface area contributed by atoms with Gasteiger partial charge in [-0.2, -0.15) is 5.10 Å². The molecular weight excluding hydrogens is 278 g/mol. The third kappa shape index (κ3) is 2.50. The monoisotopic (exact) mass is 297 g/mol. The zero-order valence-electron chi connectivity index (χ0n) is 13.2. The van der Waals surface area contributed by atoms with Gasteiger partial charge in [-0.1, -0.05) is 18.2 Å². The summed E-state index contributed by atoms with van der Waals surface area (Å²) in [5.74, 6) is 0.0758. The molecule has 22 heavy (non-hydrogen) atoms. The zero-order valence-corrected chi connectivity index (χ0v) is 13.2. The number of benzene rings is 1. The minimum absolute atomic E-state index is 0.127. The lowest BCUT2D eigenvalue weighted by molar-refractivity contribution is 0.0998. The molecule has 1 aromatic carbocycles. The Labute approximate surface area is 128 Å². The molecule has 0 saturated carbocycles. The summed E-state index contributed by atoms with van der Waals surface area (Å²) >= 11 is 0. The van der Waals surface area contributed by atoms with Crippen molar-refractivity contribution in [2.75, 3.05) is 5.32 Å². The number of furan rings is 1. The standard InChI is InChI=1S/C17H19N3O2/c1-11-13-7-5-6-8-14(13)22-15(11)16(21)19-12-9-18-20(10-12)17(2,3)4/h5-10H,1-4H3,(H,19,21). The van der Waals surface area contributed by atoms with Crippen LogP contribution in [0.25, 0.3) is 11.0 Å². The Balaban J connectivity index is 1.87. The first-order valence-electron chi connectivity index (χ1n) is 7.21. The number of para-hydroxylation sites is 1. The van der Waals surface area contributed by atoms with Gasteiger partial charge in [0.25, 0.3) is 5.91 Å². The van der Waals surface area contributed by atoms with Gasteiger partial charge in [-0.05, 0) is 33.8 Å². The fourth-order valence-corrected chi connectivity index (χ4v) is 2.33. The van der Waals surface area contributed by atoms with E-state index in [1.165, 1.54) is 0 Å². The van der Waals surface area contributed by atoms with Crippen molar-refractivity contribution in [1.29, 1.82) is 0 Å². The Hall–Kier alpha value is -2.56. The summed E-state index contributed by atoms with van der Waals surface area (Å²) in [4.78, 5) is 12.4. The molecule has 2 aromatic heterocycles. The summed E-state index contributed by atoms with van der Waals surface area (Å²) in [5.41, 5.74) is 2.09. The number of nitrogens with zero attached hydrogens (tertiary/aromatic N) is 2. The Bertz CT molecular complexity index is 837. The number of anilines is 1. The van der Waals surface area contributed by atoms with Crippen molar-refractivity contribution in [2.45, 2.75) is 33.2 Å². The van der Waals surface area contributed by atoms with Crippen LogP contribution in [-0.2, 0) is 5.54 Å². The molecule has 0 aliphatic rings. The topological polar surface area (TPSA) is 60.1 Å². The minimum atomic E-state index is -0.262. The van der Waals surface area contributed by atoms with Crippen LogP contribution in [0.5, 0.6) is 0 Å². The Morgan fingerprint density at radius 1 is 1.27 bits per heavy atom. The number of carbonyl (C=O) groups is 1. The molecule has 0 saturated heterocycles. The Kier molecular flexibility index (Phi) is 3.28. The van der Waals surface area contributed by atoms with E-state index in [0.29, 0.717) is 11.4 Å². The van der Waals surface area contributed by atoms with Crippen LogP contribution in [0.4, 0.5) is 5.69 Å². The number of nitrogens with one attached hydrogen (secondary N) is 1. The van der Waals surface area contributed by atoms with Gasteiger partial charge in [0, 0.05) is 17.1 Å². The van der Waals surface area contributed by atoms with Crippen molar-refractivity contribution in [2.24, 2.45) is 0 Å². The number of amides is 1. The van der Waals surface area contributed by atoms with E-state index in [0.717, 1.165) is 16.5 Å². The fourth-order valence-electron chi connectivity index (χ4n) is 2.33. The van der Waals surface area contributed by atoms with Crippen LogP contribution in [0.15, 0.2) is 41.1 Å². The van der Waals surface area contributed by atoms with Gasteiger partial charge >= 0.3 is 0 Å². The predicted octanol–water partition coefficient (Wildman–Crippen LogP) is 3.95. The maximum atomic E-state index is 12.4. The predicted molar refractivity (Wildman–Crippen MR) is 86.1 cm³/mol. The molecule has 3 rings (SSSR count). The summed E-state index contributed by atoms with van der Waals surface area (Å²) in [6, 6.07) is 7.62. The Morgan fingerprint density at radius 2 is 2.00 bits per heavy atom. The highest BCUT2D eigenvalue weighted by Crippen LogP contribution is 2.25. The van der Waals surface area contributed by atoms with Crippen LogP contribution in [0.3, 0.4) is 0 Å². The average Bonchev–Trinajstić information content (AvgIpc) is 3.04. The third-order valence-electron chi connectivity index (χ3n) is 3.58. The number of carbonyl (C=O) groups excluding carboxylic acids is 1. The number of fused-ring (bicyclic) bond motifs is 1. The molecule has 0 bridgehead atoms. The van der Waals surface area contributed by atoms with Gasteiger partial charge in [0.1, 0.15) is 5.58 Å². The van der Waals surface area contributed by atoms with Gasteiger partial charge < -0.3 is 9.73 Å². The minimum Gasteiger partial charge on any atom is -0.451 e. The second-order valence-electron chi connectivity index (χ2n) is 6.35. The normalized spacial score (nSPS) is 11.8. The molecule has 3 aromatic rings. The van der Waals surface area contributed by atoms with Crippen molar-refractivity contribution < 1.29 is 9.21 Å². The highest BCUT2D eigenvalue weighted by Gasteiger charge is 2.19. The largest absolute Gasteiger partial charge is 0.451 e. The number of aromatic nitrogens is 2. The van der Waals surface area contributed by atoms with Crippen LogP contribution < -0.4 is 5.32 Å². The van der Waals surface area contributed by atoms with Gasteiger partial charge in [0.15, 0.2) is 5.76 Å². The SMILES string of the molecule is Cc1c(C(=O)Nc2cnn(C(C)(C)C)c2)oc2ccccc12. The molecule has 0 unspecified atom stereocenters. The fraction of sp³-hybridized carbons (Fsp3) is 0.294. The van der Waals surface area contributed by atoms with Crippen LogP contribution >= 0.6 is 0 Å². The van der Waals surface area contributed by atoms with Crippen molar-refractivity contribution in [3.05, 3.63) is 48.0 Å². The van der Waals surface area contributed by atoms with Gasteiger partial charge in [0.2, 0.25) is 0 Å². The smallest absolute Gasteiger partial charge is 0.291 e. The summed E-state index contributed by atoms with van der Waals surface area (Å²) in [6.07, 6.45) is 3.46. The third-order valence-corrected chi connectivity index (χ3v) is 3.58. The van der Waals surface area contributed by atoms with Crippen LogP contribution in [-0.4, -0.2) is 15.7 Å². The molecule has 0 fully saturated rings. The summed E-state index contributed by atoms with van der Waals surface area (Å²) in [6.45, 7) is 8.04. The molecule has 5 nitrogen and oxygen atoms in total. The van der Waals surface area contributed by atoms with Crippen LogP contribution in [0, 0.1) is 6.92 Å². The van der Waals surface area contributed by atoms with E-state index < -0.39 is 0 Å². The zero-order chi connectivity index (χ0) is 15.9. The lowest BCUT2D eigenvalue weighted by Crippen LogP contribution is -2.22. The maximum Gasteiger partial charge on any atom is 0.291 e. The number of aryl methyl sites for hydroxylation is 1. The molecule has 0 spiro atoms. The number of rotatable bonds is 2. The molecule has 1 amide bonds. The molecular formula is C17H19N3O2. The second-order valence-corrected chi connectivity index (χ2v) is 6.35. The molecule has 0 radical (unpaired) electrons. The second kappa shape index (κ2) is 5.02. The molecule has 2 heterocycles. The molecule has 1 N–H and O–H groups in total. The summed E-state index contributed by atoms with van der Waals surface area (Å²) in [7, 11) is 0. The molecule has 0 atom stereocenters. The van der Waals surface area contributed by atoms with Crippen molar-refractivity contribution >= 4 is 22.6 Å². The van der Waals surface area contributed by atoms with Crippen molar-refractivity contribution in [3.63, 3.8) is 0 Å². The summed E-state index contributed by atoms with van der Waals surface area (Å²) in [5, 5.41) is 8.06. The van der Waals surface area contributed by atoms with Gasteiger partial charge in [-0.15, -0.1) is 0 Å². The highest BCUT2D eigenvalue weighted by atomic mass is 16.3. The molecule has 0 aliphatic carbocycles. The highest BCUT2D eigenvalue weighted by molar-refractivity contribution is 6.06. The molecule has 5 heteroatoms. The number of hydrogen-bond acceptors (Lipinski definition) is 3. The summed E-state index contributed by atoms with van der Waals surface area (Å²) < 4.78 is 7.48. The van der Waals surface area contributed by atoms with E-state index >= 15 is 0 Å². The first-order chi connectivity index (χ1) is 10.4. The Morgan fingerprint density at radius 3 is 2.64 bits per heavy atom.